The fraction of sp³-hybridized carbons (Fsp3) is 0.625. The molecule has 0 spiro atoms. The molecule has 0 radical (unpaired) electrons. The Hall–Kier alpha value is -2.41. The number of esters is 2. The molecular weight excluding hydrogens is 396 g/mol. The SMILES string of the molecule is CCOC(=O)C(CCc1ccccc1)N[C@@H](C)C(=O)N1CCC[C@H]1C(=O)OC(C)(C)C. The maximum atomic E-state index is 13.1. The topological polar surface area (TPSA) is 84.9 Å². The van der Waals surface area contributed by atoms with E-state index in [1.54, 1.807) is 18.7 Å². The molecule has 1 saturated heterocycles. The Bertz CT molecular complexity index is 744. The Morgan fingerprint density at radius 2 is 1.87 bits per heavy atom. The highest BCUT2D eigenvalue weighted by Gasteiger charge is 2.39. The first-order valence-electron chi connectivity index (χ1n) is 11.1. The molecule has 1 N–H and O–H groups in total. The van der Waals surface area contributed by atoms with Crippen molar-refractivity contribution in [3.8, 4) is 0 Å². The fourth-order valence-corrected chi connectivity index (χ4v) is 3.73. The first-order valence-corrected chi connectivity index (χ1v) is 11.1. The largest absolute Gasteiger partial charge is 0.465 e. The van der Waals surface area contributed by atoms with Crippen molar-refractivity contribution in [3.63, 3.8) is 0 Å². The normalized spacial score (nSPS) is 18.4. The van der Waals surface area contributed by atoms with E-state index in [0.29, 0.717) is 25.8 Å². The van der Waals surface area contributed by atoms with Crippen molar-refractivity contribution in [3.05, 3.63) is 35.9 Å². The quantitative estimate of drug-likeness (QED) is 0.604. The number of likely N-dealkylation sites (tertiary alicyclic amines) is 1. The van der Waals surface area contributed by atoms with Gasteiger partial charge in [-0.3, -0.25) is 14.9 Å². The standard InChI is InChI=1S/C24H36N2O5/c1-6-30-22(28)19(15-14-18-11-8-7-9-12-18)25-17(2)21(27)26-16-10-13-20(26)23(29)31-24(3,4)5/h7-9,11-12,17,19-20,25H,6,10,13-16H2,1-5H3/t17-,19?,20-/m0/s1. The number of benzene rings is 1. The van der Waals surface area contributed by atoms with E-state index in [-0.39, 0.29) is 24.5 Å². The van der Waals surface area contributed by atoms with Crippen molar-refractivity contribution >= 4 is 17.8 Å². The summed E-state index contributed by atoms with van der Waals surface area (Å²) in [4.78, 5) is 39.7. The molecule has 1 aromatic rings. The van der Waals surface area contributed by atoms with Gasteiger partial charge < -0.3 is 14.4 Å². The Morgan fingerprint density at radius 3 is 2.48 bits per heavy atom. The molecule has 7 heteroatoms. The van der Waals surface area contributed by atoms with Gasteiger partial charge in [0, 0.05) is 6.54 Å². The van der Waals surface area contributed by atoms with E-state index in [1.165, 1.54) is 0 Å². The smallest absolute Gasteiger partial charge is 0.329 e. The molecule has 1 aliphatic heterocycles. The summed E-state index contributed by atoms with van der Waals surface area (Å²) in [5.41, 5.74) is 0.507. The van der Waals surface area contributed by atoms with E-state index < -0.39 is 23.7 Å². The minimum absolute atomic E-state index is 0.206. The number of rotatable bonds is 9. The Labute approximate surface area is 185 Å². The third-order valence-corrected chi connectivity index (χ3v) is 5.17. The molecule has 31 heavy (non-hydrogen) atoms. The van der Waals surface area contributed by atoms with Crippen molar-refractivity contribution in [1.29, 1.82) is 0 Å². The number of nitrogens with zero attached hydrogens (tertiary/aromatic N) is 1. The highest BCUT2D eigenvalue weighted by atomic mass is 16.6. The summed E-state index contributed by atoms with van der Waals surface area (Å²) in [5, 5.41) is 3.14. The van der Waals surface area contributed by atoms with Crippen molar-refractivity contribution < 1.29 is 23.9 Å². The molecule has 7 nitrogen and oxygen atoms in total. The average Bonchev–Trinajstić information content (AvgIpc) is 3.20. The molecule has 1 amide bonds. The van der Waals surface area contributed by atoms with Gasteiger partial charge in [-0.05, 0) is 65.9 Å². The monoisotopic (exact) mass is 432 g/mol. The second kappa shape index (κ2) is 11.3. The maximum absolute atomic E-state index is 13.1. The van der Waals surface area contributed by atoms with Crippen LogP contribution in [0.1, 0.15) is 59.4 Å². The van der Waals surface area contributed by atoms with Crippen LogP contribution in [0.4, 0.5) is 0 Å². The first kappa shape index (κ1) is 24.9. The summed E-state index contributed by atoms with van der Waals surface area (Å²) in [6.07, 6.45) is 2.53. The molecule has 1 unspecified atom stereocenters. The third-order valence-electron chi connectivity index (χ3n) is 5.17. The molecular formula is C24H36N2O5. The van der Waals surface area contributed by atoms with Gasteiger partial charge in [0.2, 0.25) is 5.91 Å². The maximum Gasteiger partial charge on any atom is 0.329 e. The summed E-state index contributed by atoms with van der Waals surface area (Å²) >= 11 is 0. The molecule has 1 aliphatic rings. The second-order valence-electron chi connectivity index (χ2n) is 8.94. The van der Waals surface area contributed by atoms with Crippen molar-refractivity contribution in [1.82, 2.24) is 10.2 Å². The summed E-state index contributed by atoms with van der Waals surface area (Å²) in [7, 11) is 0. The number of ether oxygens (including phenoxy) is 2. The van der Waals surface area contributed by atoms with E-state index in [0.717, 1.165) is 12.0 Å². The van der Waals surface area contributed by atoms with Gasteiger partial charge in [-0.15, -0.1) is 0 Å². The molecule has 0 aliphatic carbocycles. The third kappa shape index (κ3) is 7.65. The van der Waals surface area contributed by atoms with Gasteiger partial charge in [-0.2, -0.15) is 0 Å². The number of carbonyl (C=O) groups is 3. The van der Waals surface area contributed by atoms with Crippen LogP contribution in [0.5, 0.6) is 0 Å². The first-order chi connectivity index (χ1) is 14.6. The fourth-order valence-electron chi connectivity index (χ4n) is 3.73. The lowest BCUT2D eigenvalue weighted by Crippen LogP contribution is -2.53. The summed E-state index contributed by atoms with van der Waals surface area (Å²) < 4.78 is 10.7. The number of hydrogen-bond donors (Lipinski definition) is 1. The highest BCUT2D eigenvalue weighted by molar-refractivity contribution is 5.88. The van der Waals surface area contributed by atoms with Gasteiger partial charge >= 0.3 is 11.9 Å². The van der Waals surface area contributed by atoms with Gasteiger partial charge in [0.25, 0.3) is 0 Å². The summed E-state index contributed by atoms with van der Waals surface area (Å²) in [6, 6.07) is 8.05. The van der Waals surface area contributed by atoms with Crippen LogP contribution in [0.3, 0.4) is 0 Å². The van der Waals surface area contributed by atoms with Gasteiger partial charge in [0.1, 0.15) is 17.7 Å². The van der Waals surface area contributed by atoms with Gasteiger partial charge in [0.05, 0.1) is 12.6 Å². The van der Waals surface area contributed by atoms with Crippen LogP contribution in [0.25, 0.3) is 0 Å². The zero-order chi connectivity index (χ0) is 23.0. The zero-order valence-corrected chi connectivity index (χ0v) is 19.3. The van der Waals surface area contributed by atoms with Gasteiger partial charge in [-0.1, -0.05) is 30.3 Å². The van der Waals surface area contributed by atoms with Crippen molar-refractivity contribution in [2.75, 3.05) is 13.2 Å². The van der Waals surface area contributed by atoms with Crippen LogP contribution < -0.4 is 5.32 Å². The molecule has 0 aromatic heterocycles. The zero-order valence-electron chi connectivity index (χ0n) is 19.3. The molecule has 0 bridgehead atoms. The number of nitrogens with one attached hydrogen (secondary N) is 1. The van der Waals surface area contributed by atoms with E-state index >= 15 is 0 Å². The number of amides is 1. The molecule has 172 valence electrons. The molecule has 0 saturated carbocycles. The van der Waals surface area contributed by atoms with Crippen LogP contribution in [-0.2, 0) is 30.3 Å². The van der Waals surface area contributed by atoms with Crippen LogP contribution in [0, 0.1) is 0 Å². The lowest BCUT2D eigenvalue weighted by atomic mass is 10.0. The Morgan fingerprint density at radius 1 is 1.19 bits per heavy atom. The molecule has 1 aromatic carbocycles. The van der Waals surface area contributed by atoms with Crippen LogP contribution >= 0.6 is 0 Å². The lowest BCUT2D eigenvalue weighted by molar-refractivity contribution is -0.163. The van der Waals surface area contributed by atoms with Crippen LogP contribution in [-0.4, -0.2) is 59.6 Å². The predicted octanol–water partition coefficient (Wildman–Crippen LogP) is 2.86. The molecule has 1 heterocycles. The number of aryl methyl sites for hydroxylation is 1. The summed E-state index contributed by atoms with van der Waals surface area (Å²) in [6.45, 7) is 9.70. The minimum Gasteiger partial charge on any atom is -0.465 e. The van der Waals surface area contributed by atoms with E-state index in [4.69, 9.17) is 9.47 Å². The lowest BCUT2D eigenvalue weighted by Gasteiger charge is -2.30. The van der Waals surface area contributed by atoms with Gasteiger partial charge in [-0.25, -0.2) is 4.79 Å². The Balaban J connectivity index is 2.03. The molecule has 2 rings (SSSR count). The second-order valence-corrected chi connectivity index (χ2v) is 8.94. The van der Waals surface area contributed by atoms with Crippen LogP contribution in [0.2, 0.25) is 0 Å². The van der Waals surface area contributed by atoms with E-state index in [9.17, 15) is 14.4 Å². The molecule has 3 atom stereocenters. The highest BCUT2D eigenvalue weighted by Crippen LogP contribution is 2.22. The molecule has 1 fully saturated rings. The van der Waals surface area contributed by atoms with E-state index in [2.05, 4.69) is 5.32 Å². The Kier molecular flexibility index (Phi) is 9.04. The number of carbonyl (C=O) groups excluding carboxylic acids is 3. The average molecular weight is 433 g/mol. The summed E-state index contributed by atoms with van der Waals surface area (Å²) in [5.74, 6) is -0.956. The van der Waals surface area contributed by atoms with Crippen molar-refractivity contribution in [2.24, 2.45) is 0 Å². The van der Waals surface area contributed by atoms with E-state index in [1.807, 2.05) is 51.1 Å². The van der Waals surface area contributed by atoms with Gasteiger partial charge in [0.15, 0.2) is 0 Å². The minimum atomic E-state index is -0.631. The number of hydrogen-bond acceptors (Lipinski definition) is 6. The predicted molar refractivity (Wildman–Crippen MR) is 118 cm³/mol. The van der Waals surface area contributed by atoms with Crippen LogP contribution in [0.15, 0.2) is 30.3 Å². The van der Waals surface area contributed by atoms with Crippen molar-refractivity contribution in [2.45, 2.75) is 84.0 Å².